The predicted molar refractivity (Wildman–Crippen MR) is 59.3 cm³/mol. The maximum atomic E-state index is 11.9. The molecule has 1 saturated carbocycles. The fraction of sp³-hybridized carbons (Fsp3) is 0.909. The molecular weight excluding hydrogens is 192 g/mol. The van der Waals surface area contributed by atoms with Crippen LogP contribution in [0.4, 0.5) is 0 Å². The molecule has 1 fully saturated rings. The van der Waals surface area contributed by atoms with Crippen LogP contribution in [0.1, 0.15) is 39.0 Å². The Morgan fingerprint density at radius 1 is 1.60 bits per heavy atom. The summed E-state index contributed by atoms with van der Waals surface area (Å²) in [5.41, 5.74) is 5.76. The van der Waals surface area contributed by atoms with E-state index in [9.17, 15) is 4.79 Å². The van der Waals surface area contributed by atoms with E-state index in [1.807, 2.05) is 6.92 Å². The molecule has 4 nitrogen and oxygen atoms in total. The fourth-order valence-electron chi connectivity index (χ4n) is 1.80. The lowest BCUT2D eigenvalue weighted by Gasteiger charge is -2.37. The number of carbonyl (C=O) groups is 1. The van der Waals surface area contributed by atoms with E-state index in [1.165, 1.54) is 6.42 Å². The predicted octanol–water partition coefficient (Wildman–Crippen LogP) is 0.487. The smallest absolute Gasteiger partial charge is 0.224 e. The number of amides is 1. The van der Waals surface area contributed by atoms with E-state index in [0.29, 0.717) is 19.0 Å². The molecule has 1 rings (SSSR count). The van der Waals surface area contributed by atoms with Crippen LogP contribution in [0.3, 0.4) is 0 Å². The lowest BCUT2D eigenvalue weighted by atomic mass is 9.91. The molecule has 0 aromatic rings. The Morgan fingerprint density at radius 3 is 2.67 bits per heavy atom. The van der Waals surface area contributed by atoms with Gasteiger partial charge in [-0.15, -0.1) is 0 Å². The Labute approximate surface area is 91.4 Å². The van der Waals surface area contributed by atoms with Crippen LogP contribution < -0.4 is 5.73 Å². The minimum Gasteiger partial charge on any atom is -0.395 e. The standard InChI is InChI=1S/C11H22N2O2/c1-2-9(12)8-11(15)13(6-7-14)10-4-3-5-10/h9-10,14H,2-8,12H2,1H3. The van der Waals surface area contributed by atoms with Crippen molar-refractivity contribution in [3.8, 4) is 0 Å². The topological polar surface area (TPSA) is 66.6 Å². The first-order valence-corrected chi connectivity index (χ1v) is 5.85. The summed E-state index contributed by atoms with van der Waals surface area (Å²) in [6.45, 7) is 2.49. The van der Waals surface area contributed by atoms with Gasteiger partial charge in [-0.05, 0) is 25.7 Å². The highest BCUT2D eigenvalue weighted by Crippen LogP contribution is 2.25. The molecule has 0 aromatic carbocycles. The maximum absolute atomic E-state index is 11.9. The van der Waals surface area contributed by atoms with Crippen molar-refractivity contribution in [2.75, 3.05) is 13.2 Å². The molecule has 1 atom stereocenters. The Morgan fingerprint density at radius 2 is 2.27 bits per heavy atom. The van der Waals surface area contributed by atoms with Crippen LogP contribution in [0.2, 0.25) is 0 Å². The zero-order valence-electron chi connectivity index (χ0n) is 9.48. The third-order valence-electron chi connectivity index (χ3n) is 3.14. The van der Waals surface area contributed by atoms with Crippen LogP contribution in [-0.2, 0) is 4.79 Å². The third kappa shape index (κ3) is 3.47. The molecule has 1 amide bonds. The Balaban J connectivity index is 2.43. The van der Waals surface area contributed by atoms with Gasteiger partial charge in [0.25, 0.3) is 0 Å². The molecule has 1 aliphatic carbocycles. The van der Waals surface area contributed by atoms with Crippen molar-refractivity contribution >= 4 is 5.91 Å². The SMILES string of the molecule is CCC(N)CC(=O)N(CCO)C1CCC1. The minimum atomic E-state index is -0.0428. The van der Waals surface area contributed by atoms with E-state index < -0.39 is 0 Å². The first kappa shape index (κ1) is 12.5. The summed E-state index contributed by atoms with van der Waals surface area (Å²) < 4.78 is 0. The third-order valence-corrected chi connectivity index (χ3v) is 3.14. The first-order chi connectivity index (χ1) is 7.19. The second kappa shape index (κ2) is 6.08. The first-order valence-electron chi connectivity index (χ1n) is 5.85. The lowest BCUT2D eigenvalue weighted by Crippen LogP contribution is -2.47. The monoisotopic (exact) mass is 214 g/mol. The Hall–Kier alpha value is -0.610. The molecule has 0 radical (unpaired) electrons. The summed E-state index contributed by atoms with van der Waals surface area (Å²) in [7, 11) is 0. The van der Waals surface area contributed by atoms with Crippen molar-refractivity contribution in [2.45, 2.75) is 51.1 Å². The molecule has 0 aromatic heterocycles. The molecule has 15 heavy (non-hydrogen) atoms. The summed E-state index contributed by atoms with van der Waals surface area (Å²) in [6, 6.07) is 0.312. The molecule has 1 aliphatic rings. The molecule has 88 valence electrons. The van der Waals surface area contributed by atoms with Gasteiger partial charge in [0.2, 0.25) is 5.91 Å². The number of hydrogen-bond acceptors (Lipinski definition) is 3. The molecule has 4 heteroatoms. The summed E-state index contributed by atoms with van der Waals surface area (Å²) in [6.07, 6.45) is 4.58. The highest BCUT2D eigenvalue weighted by Gasteiger charge is 2.28. The number of nitrogens with zero attached hydrogens (tertiary/aromatic N) is 1. The normalized spacial score (nSPS) is 18.3. The summed E-state index contributed by atoms with van der Waals surface area (Å²) in [5, 5.41) is 8.92. The quantitative estimate of drug-likeness (QED) is 0.676. The average Bonchev–Trinajstić information content (AvgIpc) is 2.14. The van der Waals surface area contributed by atoms with Gasteiger partial charge in [-0.2, -0.15) is 0 Å². The number of rotatable bonds is 6. The second-order valence-electron chi connectivity index (χ2n) is 4.27. The van der Waals surface area contributed by atoms with Crippen LogP contribution in [0, 0.1) is 0 Å². The molecule has 0 bridgehead atoms. The van der Waals surface area contributed by atoms with Crippen molar-refractivity contribution < 1.29 is 9.90 Å². The highest BCUT2D eigenvalue weighted by molar-refractivity contribution is 5.77. The van der Waals surface area contributed by atoms with Crippen molar-refractivity contribution in [3.63, 3.8) is 0 Å². The van der Waals surface area contributed by atoms with Gasteiger partial charge < -0.3 is 15.7 Å². The molecule has 1 unspecified atom stereocenters. The largest absolute Gasteiger partial charge is 0.395 e. The average molecular weight is 214 g/mol. The lowest BCUT2D eigenvalue weighted by molar-refractivity contribution is -0.136. The summed E-state index contributed by atoms with van der Waals surface area (Å²) in [5.74, 6) is 0.100. The number of hydrogen-bond donors (Lipinski definition) is 2. The van der Waals surface area contributed by atoms with Gasteiger partial charge in [0.05, 0.1) is 6.61 Å². The van der Waals surface area contributed by atoms with Gasteiger partial charge in [0.1, 0.15) is 0 Å². The van der Waals surface area contributed by atoms with Crippen LogP contribution in [0.25, 0.3) is 0 Å². The van der Waals surface area contributed by atoms with Crippen molar-refractivity contribution in [1.29, 1.82) is 0 Å². The van der Waals surface area contributed by atoms with E-state index in [1.54, 1.807) is 4.90 Å². The van der Waals surface area contributed by atoms with Crippen molar-refractivity contribution in [2.24, 2.45) is 5.73 Å². The minimum absolute atomic E-state index is 0.0428. The molecule has 3 N–H and O–H groups in total. The Bertz CT molecular complexity index is 205. The maximum Gasteiger partial charge on any atom is 0.224 e. The van der Waals surface area contributed by atoms with Gasteiger partial charge in [0.15, 0.2) is 0 Å². The van der Waals surface area contributed by atoms with E-state index in [2.05, 4.69) is 0 Å². The molecule has 0 saturated heterocycles. The van der Waals surface area contributed by atoms with Crippen molar-refractivity contribution in [3.05, 3.63) is 0 Å². The highest BCUT2D eigenvalue weighted by atomic mass is 16.3. The van der Waals surface area contributed by atoms with Gasteiger partial charge in [-0.25, -0.2) is 0 Å². The van der Waals surface area contributed by atoms with E-state index >= 15 is 0 Å². The van der Waals surface area contributed by atoms with E-state index in [-0.39, 0.29) is 18.6 Å². The molecule has 0 spiro atoms. The number of nitrogens with two attached hydrogens (primary N) is 1. The van der Waals surface area contributed by atoms with Crippen molar-refractivity contribution in [1.82, 2.24) is 4.90 Å². The summed E-state index contributed by atoms with van der Waals surface area (Å²) in [4.78, 5) is 13.7. The van der Waals surface area contributed by atoms with Crippen LogP contribution in [-0.4, -0.2) is 41.1 Å². The second-order valence-corrected chi connectivity index (χ2v) is 4.27. The van der Waals surface area contributed by atoms with E-state index in [0.717, 1.165) is 19.3 Å². The Kier molecular flexibility index (Phi) is 5.05. The number of aliphatic hydroxyl groups excluding tert-OH is 1. The van der Waals surface area contributed by atoms with Crippen LogP contribution in [0.5, 0.6) is 0 Å². The number of aliphatic hydroxyl groups is 1. The fourth-order valence-corrected chi connectivity index (χ4v) is 1.80. The molecule has 0 heterocycles. The van der Waals surface area contributed by atoms with Gasteiger partial charge >= 0.3 is 0 Å². The summed E-state index contributed by atoms with van der Waals surface area (Å²) >= 11 is 0. The van der Waals surface area contributed by atoms with Gasteiger partial charge in [-0.1, -0.05) is 6.92 Å². The van der Waals surface area contributed by atoms with Gasteiger partial charge in [-0.3, -0.25) is 4.79 Å². The van der Waals surface area contributed by atoms with Gasteiger partial charge in [0, 0.05) is 25.0 Å². The molecule has 0 aliphatic heterocycles. The number of carbonyl (C=O) groups excluding carboxylic acids is 1. The zero-order valence-corrected chi connectivity index (χ0v) is 9.48. The van der Waals surface area contributed by atoms with Crippen LogP contribution >= 0.6 is 0 Å². The zero-order chi connectivity index (χ0) is 11.3. The van der Waals surface area contributed by atoms with E-state index in [4.69, 9.17) is 10.8 Å². The molecular formula is C11H22N2O2. The van der Waals surface area contributed by atoms with Crippen LogP contribution in [0.15, 0.2) is 0 Å².